The van der Waals surface area contributed by atoms with Gasteiger partial charge in [0.1, 0.15) is 10.7 Å². The smallest absolute Gasteiger partial charge is 0.290 e. The van der Waals surface area contributed by atoms with Crippen molar-refractivity contribution in [2.24, 2.45) is 5.73 Å². The van der Waals surface area contributed by atoms with E-state index in [0.717, 1.165) is 66.5 Å². The molecule has 0 spiro atoms. The van der Waals surface area contributed by atoms with E-state index in [1.54, 1.807) is 22.7 Å². The highest BCUT2D eigenvalue weighted by Gasteiger charge is 2.27. The van der Waals surface area contributed by atoms with E-state index in [2.05, 4.69) is 46.8 Å². The highest BCUT2D eigenvalue weighted by Crippen LogP contribution is 2.43. The molecule has 5 N–H and O–H groups in total. The van der Waals surface area contributed by atoms with E-state index in [1.165, 1.54) is 9.75 Å². The summed E-state index contributed by atoms with van der Waals surface area (Å²) in [6.45, 7) is 0.737. The van der Waals surface area contributed by atoms with Crippen LogP contribution in [0.25, 0.3) is 10.2 Å². The van der Waals surface area contributed by atoms with Crippen molar-refractivity contribution in [3.63, 3.8) is 0 Å². The molecule has 0 saturated heterocycles. The molecule has 35 heavy (non-hydrogen) atoms. The lowest BCUT2D eigenvalue weighted by Crippen LogP contribution is -2.29. The Hall–Kier alpha value is -2.41. The Morgan fingerprint density at radius 3 is 2.80 bits per heavy atom. The largest absolute Gasteiger partial charge is 0.483 e. The fourth-order valence-corrected chi connectivity index (χ4v) is 6.17. The van der Waals surface area contributed by atoms with Crippen LogP contribution in [0.1, 0.15) is 59.8 Å². The minimum Gasteiger partial charge on any atom is -0.483 e. The Balaban J connectivity index is 0.00000108. The first kappa shape index (κ1) is 27.2. The highest BCUT2D eigenvalue weighted by atomic mass is 35.5. The van der Waals surface area contributed by atoms with E-state index < -0.39 is 0 Å². The number of aliphatic hydroxyl groups is 1. The summed E-state index contributed by atoms with van der Waals surface area (Å²) in [6, 6.07) is 6.17. The summed E-state index contributed by atoms with van der Waals surface area (Å²) >= 11 is 9.93. The Kier molecular flexibility index (Phi) is 11.0. The summed E-state index contributed by atoms with van der Waals surface area (Å²) in [4.78, 5) is 15.5. The number of anilines is 1. The van der Waals surface area contributed by atoms with Crippen LogP contribution in [0.15, 0.2) is 35.7 Å². The lowest BCUT2D eigenvalue weighted by atomic mass is 9.87. The maximum absolute atomic E-state index is 8.97. The molecule has 0 aromatic carbocycles. The number of rotatable bonds is 8. The average Bonchev–Trinajstić information content (AvgIpc) is 3.49. The molecule has 9 heteroatoms. The Morgan fingerprint density at radius 2 is 2.09 bits per heavy atom. The summed E-state index contributed by atoms with van der Waals surface area (Å²) in [5.74, 6) is 7.01. The van der Waals surface area contributed by atoms with Gasteiger partial charge in [0.25, 0.3) is 6.47 Å². The van der Waals surface area contributed by atoms with E-state index in [-0.39, 0.29) is 25.0 Å². The summed E-state index contributed by atoms with van der Waals surface area (Å²) in [7, 11) is 0. The van der Waals surface area contributed by atoms with Crippen molar-refractivity contribution in [1.82, 2.24) is 4.98 Å². The van der Waals surface area contributed by atoms with Gasteiger partial charge in [-0.05, 0) is 37.1 Å². The number of unbranched alkanes of at least 4 members (excludes halogenated alkanes) is 3. The van der Waals surface area contributed by atoms with Crippen molar-refractivity contribution in [2.75, 3.05) is 11.9 Å². The number of carbonyl (C=O) groups is 1. The van der Waals surface area contributed by atoms with Gasteiger partial charge in [-0.1, -0.05) is 48.1 Å². The van der Waals surface area contributed by atoms with Crippen molar-refractivity contribution in [2.45, 2.75) is 57.0 Å². The van der Waals surface area contributed by atoms with Crippen LogP contribution >= 0.6 is 34.3 Å². The molecular weight excluding hydrogens is 502 g/mol. The SMILES string of the molecule is N[C@H]1CC=CC[C@@H]1c1sc2c(NCc3cccs3)cc(Cl)nc2c1C#CCCCCCO.O=CO. The third-order valence-electron chi connectivity index (χ3n) is 5.66. The van der Waals surface area contributed by atoms with E-state index in [1.807, 2.05) is 6.07 Å². The summed E-state index contributed by atoms with van der Waals surface area (Å²) < 4.78 is 1.09. The third-order valence-corrected chi connectivity index (χ3v) is 8.08. The van der Waals surface area contributed by atoms with Gasteiger partial charge in [-0.3, -0.25) is 4.79 Å². The maximum Gasteiger partial charge on any atom is 0.290 e. The van der Waals surface area contributed by atoms with Crippen LogP contribution in [0.2, 0.25) is 5.15 Å². The van der Waals surface area contributed by atoms with Gasteiger partial charge < -0.3 is 21.3 Å². The van der Waals surface area contributed by atoms with Gasteiger partial charge in [-0.25, -0.2) is 4.98 Å². The van der Waals surface area contributed by atoms with Crippen molar-refractivity contribution in [3.05, 3.63) is 56.2 Å². The van der Waals surface area contributed by atoms with E-state index in [0.29, 0.717) is 5.15 Å². The van der Waals surface area contributed by atoms with Crippen LogP contribution < -0.4 is 11.1 Å². The molecule has 0 aliphatic heterocycles. The molecule has 0 saturated carbocycles. The molecule has 0 unspecified atom stereocenters. The molecular formula is C26H30ClN3O3S2. The first-order valence-electron chi connectivity index (χ1n) is 11.6. The zero-order chi connectivity index (χ0) is 25.0. The van der Waals surface area contributed by atoms with E-state index >= 15 is 0 Å². The number of fused-ring (bicyclic) bond motifs is 1. The molecule has 0 fully saturated rings. The quantitative estimate of drug-likeness (QED) is 0.0934. The van der Waals surface area contributed by atoms with Gasteiger partial charge in [0.15, 0.2) is 0 Å². The zero-order valence-electron chi connectivity index (χ0n) is 19.4. The first-order valence-corrected chi connectivity index (χ1v) is 13.6. The van der Waals surface area contributed by atoms with Crippen molar-refractivity contribution in [1.29, 1.82) is 0 Å². The van der Waals surface area contributed by atoms with Crippen LogP contribution in [-0.2, 0) is 11.3 Å². The first-order chi connectivity index (χ1) is 17.1. The lowest BCUT2D eigenvalue weighted by Gasteiger charge is -2.24. The fourth-order valence-electron chi connectivity index (χ4n) is 3.95. The van der Waals surface area contributed by atoms with Crippen LogP contribution in [-0.4, -0.2) is 34.3 Å². The number of hydrogen-bond donors (Lipinski definition) is 4. The molecule has 1 aliphatic rings. The van der Waals surface area contributed by atoms with Crippen molar-refractivity contribution >= 4 is 56.7 Å². The minimum absolute atomic E-state index is 0.0798. The number of thiophene rings is 2. The van der Waals surface area contributed by atoms with Gasteiger partial charge in [0.2, 0.25) is 0 Å². The molecule has 3 aromatic heterocycles. The number of nitrogens with zero attached hydrogens (tertiary/aromatic N) is 1. The molecule has 3 heterocycles. The number of pyridine rings is 1. The van der Waals surface area contributed by atoms with Crippen LogP contribution in [0.5, 0.6) is 0 Å². The third kappa shape index (κ3) is 7.53. The molecule has 2 atom stereocenters. The van der Waals surface area contributed by atoms with Gasteiger partial charge in [-0.15, -0.1) is 22.7 Å². The van der Waals surface area contributed by atoms with E-state index in [9.17, 15) is 0 Å². The second-order valence-electron chi connectivity index (χ2n) is 8.10. The summed E-state index contributed by atoms with van der Waals surface area (Å²) in [5, 5.41) is 22.0. The Bertz CT molecular complexity index is 1180. The molecule has 4 rings (SSSR count). The standard InChI is InChI=1S/C25H28ClN3OS2.CH2O2/c26-22-15-21(28-16-17-9-8-14-31-17)25-23(29-22)19(11-4-2-1-3-7-13-30)24(32-25)18-10-5-6-12-20(18)27;2-1-3/h5-6,8-9,14-15,18,20,30H,1-3,7,10,12-13,16,27H2,(H,28,29);1H,(H,2,3)/t18-,20-;/m0./s1. The summed E-state index contributed by atoms with van der Waals surface area (Å²) in [5.41, 5.74) is 9.37. The maximum atomic E-state index is 8.97. The topological polar surface area (TPSA) is 108 Å². The number of hydrogen-bond acceptors (Lipinski definition) is 7. The molecule has 0 bridgehead atoms. The Morgan fingerprint density at radius 1 is 1.29 bits per heavy atom. The number of nitrogens with two attached hydrogens (primary N) is 1. The average molecular weight is 532 g/mol. The van der Waals surface area contributed by atoms with E-state index in [4.69, 9.17) is 37.3 Å². The number of allylic oxidation sites excluding steroid dienone is 1. The number of aliphatic hydroxyl groups excluding tert-OH is 1. The molecule has 1 aliphatic carbocycles. The Labute approximate surface area is 218 Å². The number of aromatic nitrogens is 1. The molecule has 0 radical (unpaired) electrons. The predicted molar refractivity (Wildman–Crippen MR) is 146 cm³/mol. The summed E-state index contributed by atoms with van der Waals surface area (Å²) in [6.07, 6.45) is 9.80. The normalized spacial score (nSPS) is 16.8. The second kappa shape index (κ2) is 14.2. The number of nitrogens with one attached hydrogen (secondary N) is 1. The van der Waals surface area contributed by atoms with Crippen LogP contribution in [0, 0.1) is 11.8 Å². The molecule has 6 nitrogen and oxygen atoms in total. The van der Waals surface area contributed by atoms with Gasteiger partial charge in [0, 0.05) is 47.4 Å². The van der Waals surface area contributed by atoms with Gasteiger partial charge >= 0.3 is 0 Å². The minimum atomic E-state index is -0.250. The highest BCUT2D eigenvalue weighted by molar-refractivity contribution is 7.20. The van der Waals surface area contributed by atoms with Gasteiger partial charge in [-0.2, -0.15) is 0 Å². The fraction of sp³-hybridized carbons (Fsp3) is 0.385. The van der Waals surface area contributed by atoms with Crippen molar-refractivity contribution in [3.8, 4) is 11.8 Å². The van der Waals surface area contributed by atoms with Gasteiger partial charge in [0.05, 0.1) is 16.0 Å². The second-order valence-corrected chi connectivity index (χ2v) is 10.6. The van der Waals surface area contributed by atoms with Crippen LogP contribution in [0.4, 0.5) is 5.69 Å². The molecule has 186 valence electrons. The number of halogens is 1. The van der Waals surface area contributed by atoms with Crippen molar-refractivity contribution < 1.29 is 15.0 Å². The number of carboxylic acid groups (broad SMARTS) is 1. The molecule has 3 aromatic rings. The zero-order valence-corrected chi connectivity index (χ0v) is 21.8. The van der Waals surface area contributed by atoms with Crippen LogP contribution in [0.3, 0.4) is 0 Å². The monoisotopic (exact) mass is 531 g/mol. The molecule has 0 amide bonds. The predicted octanol–water partition coefficient (Wildman–Crippen LogP) is 5.99. The lowest BCUT2D eigenvalue weighted by molar-refractivity contribution is -0.122.